The summed E-state index contributed by atoms with van der Waals surface area (Å²) >= 11 is 0. The third kappa shape index (κ3) is 35.0. The summed E-state index contributed by atoms with van der Waals surface area (Å²) in [5.74, 6) is -9.10. The Morgan fingerprint density at radius 2 is 0.570 bits per heavy atom. The zero-order chi connectivity index (χ0) is 74.5. The topological polar surface area (TPSA) is 525 Å². The van der Waals surface area contributed by atoms with Gasteiger partial charge in [0.1, 0.15) is 67.0 Å². The molecule has 11 amide bonds. The lowest BCUT2D eigenvalue weighted by Gasteiger charge is -2.30. The van der Waals surface area contributed by atoms with Crippen LogP contribution in [0.3, 0.4) is 0 Å². The van der Waals surface area contributed by atoms with E-state index in [9.17, 15) is 52.7 Å². The fourth-order valence-electron chi connectivity index (χ4n) is 10.9. The van der Waals surface area contributed by atoms with Crippen LogP contribution in [0.1, 0.15) is 168 Å². The lowest BCUT2D eigenvalue weighted by molar-refractivity contribution is -0.137. The highest BCUT2D eigenvalue weighted by Gasteiger charge is 2.38. The number of benzene rings is 2. The van der Waals surface area contributed by atoms with E-state index in [4.69, 9.17) is 50.6 Å². The number of primary amides is 1. The van der Waals surface area contributed by atoms with Gasteiger partial charge in [-0.25, -0.2) is 4.79 Å². The molecule has 0 fully saturated rings. The zero-order valence-electron chi connectivity index (χ0n) is 60.0. The standard InChI is InChI=1S/C70H122N18O12/c1-44(2)57(67(96)82-52(32-16-22-38-74)62(91)83-55(41-47-25-9-7-10-26-47)65(94)80-51(31-15-21-37-73)61(90)79-50(60(78)89)30-14-20-36-72)86-63(92)53(33-17-23-39-75)81-66(95)56(42-48-27-11-8-12-28-48)84-68(97)58(45(3)4)88-69(98)59(46(5)6)87-64(93)54(34-18-24-40-76)85-70(99)100-43-49(77)29-13-19-35-71/h7-12,25-28,44-46,49-59H,13-24,29-43,71-77H2,1-6H3,(H2,78,89)(H,79,90)(H,80,94)(H,81,95)(H,82,96)(H,83,91)(H,84,97)(H,85,99)(H,86,92)(H,87,93)(H,88,98)/t49-,50+,51-,52-,53-,54-,55-,56-,57-,58-,59-/m0/s1. The van der Waals surface area contributed by atoms with Crippen molar-refractivity contribution < 1.29 is 57.5 Å². The molecule has 26 N–H and O–H groups in total. The molecule has 564 valence electrons. The summed E-state index contributed by atoms with van der Waals surface area (Å²) in [6.45, 7) is 12.1. The molecule has 0 radical (unpaired) electrons. The van der Waals surface area contributed by atoms with Crippen LogP contribution < -0.4 is 99.0 Å². The SMILES string of the molecule is CC(C)[C@H](NC(=O)[C@H](CCCCN)NC(=O)[C@H](Cc1ccccc1)NC(=O)[C@@H](NC(=O)[C@@H](NC(=O)[C@H](CCCCN)NC(=O)OC[C@@H](N)CCCCN)C(C)C)C(C)C)C(=O)N[C@@H](CCCCN)C(=O)N[C@@H](Cc1ccccc1)C(=O)N[C@@H](CCCCN)C(=O)N[C@H](CCCCN)C(N)=O. The van der Waals surface area contributed by atoms with Crippen molar-refractivity contribution in [2.45, 2.75) is 236 Å². The van der Waals surface area contributed by atoms with Crippen LogP contribution in [0.2, 0.25) is 0 Å². The van der Waals surface area contributed by atoms with Crippen LogP contribution >= 0.6 is 0 Å². The number of hydrogen-bond acceptors (Lipinski definition) is 19. The normalized spacial score (nSPS) is 14.6. The van der Waals surface area contributed by atoms with Gasteiger partial charge in [-0.3, -0.25) is 47.9 Å². The minimum Gasteiger partial charge on any atom is -0.448 e. The number of unbranched alkanes of at least 4 members (excludes halogenated alkanes) is 6. The largest absolute Gasteiger partial charge is 0.448 e. The number of hydrogen-bond donors (Lipinski definition) is 18. The first-order valence-corrected chi connectivity index (χ1v) is 35.7. The average Bonchev–Trinajstić information content (AvgIpc) is 0.858. The highest BCUT2D eigenvalue weighted by atomic mass is 16.5. The molecule has 0 saturated heterocycles. The van der Waals surface area contributed by atoms with Crippen molar-refractivity contribution in [3.05, 3.63) is 71.8 Å². The Hall–Kier alpha value is -7.87. The molecule has 0 spiro atoms. The predicted octanol–water partition coefficient (Wildman–Crippen LogP) is -0.516. The molecule has 11 atom stereocenters. The maximum atomic E-state index is 14.8. The highest BCUT2D eigenvalue weighted by Crippen LogP contribution is 2.16. The Morgan fingerprint density at radius 1 is 0.320 bits per heavy atom. The second-order valence-corrected chi connectivity index (χ2v) is 26.6. The molecule has 2 aromatic carbocycles. The molecule has 0 aromatic heterocycles. The summed E-state index contributed by atoms with van der Waals surface area (Å²) < 4.78 is 5.35. The quantitative estimate of drug-likeness (QED) is 0.0371. The van der Waals surface area contributed by atoms with Crippen molar-refractivity contribution in [1.29, 1.82) is 0 Å². The lowest BCUT2D eigenvalue weighted by atomic mass is 9.98. The summed E-state index contributed by atoms with van der Waals surface area (Å²) in [6.07, 6.45) is 6.39. The summed E-state index contributed by atoms with van der Waals surface area (Å²) in [7, 11) is 0. The Morgan fingerprint density at radius 3 is 0.900 bits per heavy atom. The Balaban J connectivity index is 2.51. The Labute approximate surface area is 591 Å². The number of rotatable bonds is 53. The van der Waals surface area contributed by atoms with E-state index in [-0.39, 0.29) is 64.6 Å². The molecule has 100 heavy (non-hydrogen) atoms. The van der Waals surface area contributed by atoms with E-state index in [1.165, 1.54) is 0 Å². The van der Waals surface area contributed by atoms with Gasteiger partial charge in [0, 0.05) is 18.9 Å². The van der Waals surface area contributed by atoms with E-state index >= 15 is 0 Å². The third-order valence-electron chi connectivity index (χ3n) is 16.9. The van der Waals surface area contributed by atoms with Crippen LogP contribution in [0.25, 0.3) is 0 Å². The molecule has 0 saturated carbocycles. The van der Waals surface area contributed by atoms with Crippen LogP contribution in [0.15, 0.2) is 60.7 Å². The maximum absolute atomic E-state index is 14.8. The predicted molar refractivity (Wildman–Crippen MR) is 385 cm³/mol. The van der Waals surface area contributed by atoms with Gasteiger partial charge in [-0.15, -0.1) is 0 Å². The van der Waals surface area contributed by atoms with Gasteiger partial charge in [0.05, 0.1) is 0 Å². The first-order chi connectivity index (χ1) is 47.7. The number of nitrogens with one attached hydrogen (secondary N) is 10. The van der Waals surface area contributed by atoms with Crippen LogP contribution in [-0.4, -0.2) is 178 Å². The molecule has 30 nitrogen and oxygen atoms in total. The van der Waals surface area contributed by atoms with E-state index in [0.29, 0.717) is 108 Å². The number of carbonyl (C=O) groups excluding carboxylic acids is 11. The van der Waals surface area contributed by atoms with Gasteiger partial charge in [-0.05, 0) is 177 Å². The van der Waals surface area contributed by atoms with E-state index in [1.807, 2.05) is 0 Å². The van der Waals surface area contributed by atoms with Crippen molar-refractivity contribution in [1.82, 2.24) is 53.2 Å². The highest BCUT2D eigenvalue weighted by molar-refractivity contribution is 5.99. The van der Waals surface area contributed by atoms with Gasteiger partial charge in [-0.1, -0.05) is 109 Å². The van der Waals surface area contributed by atoms with Gasteiger partial charge in [0.15, 0.2) is 0 Å². The van der Waals surface area contributed by atoms with E-state index in [2.05, 4.69) is 53.2 Å². The van der Waals surface area contributed by atoms with E-state index in [0.717, 1.165) is 12.8 Å². The number of alkyl carbamates (subject to hydrolysis) is 1. The minimum atomic E-state index is -1.35. The molecular formula is C70H122N18O12. The molecule has 0 bridgehead atoms. The molecule has 2 aromatic rings. The third-order valence-corrected chi connectivity index (χ3v) is 16.9. The number of ether oxygens (including phenoxy) is 1. The molecule has 0 heterocycles. The van der Waals surface area contributed by atoms with Crippen molar-refractivity contribution in [3.63, 3.8) is 0 Å². The minimum absolute atomic E-state index is 0.0405. The number of carbonyl (C=O) groups is 11. The van der Waals surface area contributed by atoms with Crippen LogP contribution in [0.5, 0.6) is 0 Å². The van der Waals surface area contributed by atoms with E-state index < -0.39 is 149 Å². The summed E-state index contributed by atoms with van der Waals surface area (Å²) in [5, 5.41) is 27.7. The monoisotopic (exact) mass is 1410 g/mol. The molecule has 30 heteroatoms. The molecule has 2 rings (SSSR count). The molecular weight excluding hydrogens is 1280 g/mol. The van der Waals surface area contributed by atoms with Gasteiger partial charge >= 0.3 is 6.09 Å². The molecule has 0 aliphatic rings. The van der Waals surface area contributed by atoms with Crippen LogP contribution in [0.4, 0.5) is 4.79 Å². The Kier molecular flexibility index (Phi) is 44.5. The summed E-state index contributed by atoms with van der Waals surface area (Å²) in [5.41, 5.74) is 47.6. The van der Waals surface area contributed by atoms with Crippen molar-refractivity contribution in [3.8, 4) is 0 Å². The second-order valence-electron chi connectivity index (χ2n) is 26.6. The molecule has 0 unspecified atom stereocenters. The summed E-state index contributed by atoms with van der Waals surface area (Å²) in [6, 6.07) is 4.77. The Bertz CT molecular complexity index is 2770. The van der Waals surface area contributed by atoms with Crippen molar-refractivity contribution in [2.75, 3.05) is 45.9 Å². The smallest absolute Gasteiger partial charge is 0.407 e. The van der Waals surface area contributed by atoms with Crippen LogP contribution in [-0.2, 0) is 65.5 Å². The fourth-order valence-corrected chi connectivity index (χ4v) is 10.9. The average molecular weight is 1410 g/mol. The summed E-state index contributed by atoms with van der Waals surface area (Å²) in [4.78, 5) is 156. The number of nitrogens with two attached hydrogens (primary N) is 8. The van der Waals surface area contributed by atoms with Gasteiger partial charge in [0.2, 0.25) is 59.1 Å². The van der Waals surface area contributed by atoms with Crippen molar-refractivity contribution >= 4 is 65.2 Å². The number of amides is 11. The fraction of sp³-hybridized carbons (Fsp3) is 0.671. The van der Waals surface area contributed by atoms with Gasteiger partial charge in [0.25, 0.3) is 0 Å². The van der Waals surface area contributed by atoms with Gasteiger partial charge in [-0.2, -0.15) is 0 Å². The van der Waals surface area contributed by atoms with Crippen LogP contribution in [0, 0.1) is 17.8 Å². The zero-order valence-corrected chi connectivity index (χ0v) is 60.0. The molecule has 0 aliphatic carbocycles. The van der Waals surface area contributed by atoms with Crippen molar-refractivity contribution in [2.24, 2.45) is 63.6 Å². The lowest BCUT2D eigenvalue weighted by Crippen LogP contribution is -2.62. The first kappa shape index (κ1) is 88.2. The molecule has 0 aliphatic heterocycles. The van der Waals surface area contributed by atoms with Gasteiger partial charge < -0.3 is 104 Å². The van der Waals surface area contributed by atoms with E-state index in [1.54, 1.807) is 102 Å². The maximum Gasteiger partial charge on any atom is 0.407 e. The second kappa shape index (κ2) is 50.5. The first-order valence-electron chi connectivity index (χ1n) is 35.7.